The van der Waals surface area contributed by atoms with Gasteiger partial charge in [0.25, 0.3) is 0 Å². The molecule has 0 spiro atoms. The smallest absolute Gasteiger partial charge is 0.186 e. The Labute approximate surface area is 104 Å². The number of aliphatic hydroxyl groups excluding tert-OH is 1. The second-order valence-corrected chi connectivity index (χ2v) is 6.68. The predicted octanol–water partition coefficient (Wildman–Crippen LogP) is 3.92. The van der Waals surface area contributed by atoms with E-state index in [0.717, 1.165) is 16.7 Å². The first kappa shape index (κ1) is 14.0. The molecule has 2 heteroatoms. The van der Waals surface area contributed by atoms with Crippen LogP contribution in [0, 0.1) is 0 Å². The zero-order valence-corrected chi connectivity index (χ0v) is 11.7. The van der Waals surface area contributed by atoms with E-state index in [0.29, 0.717) is 0 Å². The summed E-state index contributed by atoms with van der Waals surface area (Å²) in [7, 11) is 0. The summed E-state index contributed by atoms with van der Waals surface area (Å²) in [4.78, 5) is 0. The molecule has 0 aliphatic rings. The fourth-order valence-electron chi connectivity index (χ4n) is 1.89. The van der Waals surface area contributed by atoms with Crippen molar-refractivity contribution in [3.8, 4) is 5.75 Å². The minimum atomic E-state index is -0.192. The van der Waals surface area contributed by atoms with Crippen LogP contribution in [-0.4, -0.2) is 5.11 Å². The first-order valence-electron chi connectivity index (χ1n) is 6.03. The molecule has 0 aliphatic heterocycles. The van der Waals surface area contributed by atoms with Crippen molar-refractivity contribution in [1.29, 1.82) is 0 Å². The molecule has 0 saturated heterocycles. The van der Waals surface area contributed by atoms with Crippen molar-refractivity contribution in [2.75, 3.05) is 0 Å². The average Bonchev–Trinajstić information content (AvgIpc) is 2.14. The Balaban J connectivity index is 3.53. The van der Waals surface area contributed by atoms with Crippen molar-refractivity contribution in [3.63, 3.8) is 0 Å². The minimum absolute atomic E-state index is 0.0214. The molecule has 2 nitrogen and oxygen atoms in total. The first-order valence-corrected chi connectivity index (χ1v) is 6.03. The Morgan fingerprint density at radius 1 is 0.941 bits per heavy atom. The summed E-state index contributed by atoms with van der Waals surface area (Å²) >= 11 is 0. The van der Waals surface area contributed by atoms with Gasteiger partial charge in [0.1, 0.15) is 0 Å². The molecule has 1 radical (unpaired) electrons. The molecule has 0 aliphatic carbocycles. The zero-order chi connectivity index (χ0) is 13.4. The van der Waals surface area contributed by atoms with Crippen molar-refractivity contribution >= 4 is 0 Å². The van der Waals surface area contributed by atoms with Gasteiger partial charge in [-0.15, -0.1) is 0 Å². The molecule has 1 N–H and O–H groups in total. The van der Waals surface area contributed by atoms with Gasteiger partial charge in [-0.1, -0.05) is 41.5 Å². The van der Waals surface area contributed by atoms with Crippen LogP contribution < -0.4 is 0 Å². The summed E-state index contributed by atoms with van der Waals surface area (Å²) in [6, 6.07) is 3.66. The molecule has 0 atom stereocenters. The van der Waals surface area contributed by atoms with Gasteiger partial charge in [0, 0.05) is 11.1 Å². The Kier molecular flexibility index (Phi) is 3.58. The van der Waals surface area contributed by atoms with E-state index in [-0.39, 0.29) is 23.2 Å². The highest BCUT2D eigenvalue weighted by Crippen LogP contribution is 2.40. The molecule has 0 saturated carbocycles. The Morgan fingerprint density at radius 2 is 1.29 bits per heavy atom. The van der Waals surface area contributed by atoms with Gasteiger partial charge in [-0.3, -0.25) is 5.11 Å². The normalized spacial score (nSPS) is 12.9. The third-order valence-corrected chi connectivity index (χ3v) is 2.95. The van der Waals surface area contributed by atoms with Crippen LogP contribution in [0.3, 0.4) is 0 Å². The van der Waals surface area contributed by atoms with Gasteiger partial charge in [-0.25, -0.2) is 0 Å². The Bertz CT molecular complexity index is 371. The summed E-state index contributed by atoms with van der Waals surface area (Å²) in [5.41, 5.74) is 2.01. The number of rotatable bonds is 1. The molecule has 0 bridgehead atoms. The number of benzene rings is 1. The van der Waals surface area contributed by atoms with Gasteiger partial charge < -0.3 is 5.11 Å². The molecule has 17 heavy (non-hydrogen) atoms. The summed E-state index contributed by atoms with van der Waals surface area (Å²) in [5, 5.41) is 21.8. The van der Waals surface area contributed by atoms with Crippen LogP contribution >= 0.6 is 0 Å². The second-order valence-electron chi connectivity index (χ2n) is 6.68. The van der Waals surface area contributed by atoms with Crippen LogP contribution in [-0.2, 0) is 22.5 Å². The van der Waals surface area contributed by atoms with E-state index in [9.17, 15) is 10.2 Å². The molecule has 1 aromatic carbocycles. The van der Waals surface area contributed by atoms with E-state index in [2.05, 4.69) is 0 Å². The molecule has 0 heterocycles. The molecule has 0 fully saturated rings. The van der Waals surface area contributed by atoms with E-state index < -0.39 is 0 Å². The summed E-state index contributed by atoms with van der Waals surface area (Å²) < 4.78 is 0. The van der Waals surface area contributed by atoms with Crippen molar-refractivity contribution < 1.29 is 10.2 Å². The molecular weight excluding hydrogens is 212 g/mol. The summed E-state index contributed by atoms with van der Waals surface area (Å²) in [5.74, 6) is 0.113. The van der Waals surface area contributed by atoms with E-state index in [1.165, 1.54) is 0 Å². The average molecular weight is 235 g/mol. The van der Waals surface area contributed by atoms with Crippen LogP contribution in [0.4, 0.5) is 0 Å². The largest absolute Gasteiger partial charge is 0.392 e. The van der Waals surface area contributed by atoms with Crippen LogP contribution in [0.2, 0.25) is 0 Å². The lowest BCUT2D eigenvalue weighted by Crippen LogP contribution is -2.17. The highest BCUT2D eigenvalue weighted by molar-refractivity contribution is 5.49. The Morgan fingerprint density at radius 3 is 1.53 bits per heavy atom. The number of hydrogen-bond acceptors (Lipinski definition) is 1. The molecule has 1 aromatic rings. The summed E-state index contributed by atoms with van der Waals surface area (Å²) in [6.45, 7) is 12.1. The van der Waals surface area contributed by atoms with E-state index in [4.69, 9.17) is 0 Å². The lowest BCUT2D eigenvalue weighted by atomic mass is 9.78. The third-order valence-electron chi connectivity index (χ3n) is 2.95. The van der Waals surface area contributed by atoms with Gasteiger partial charge in [-0.2, -0.15) is 0 Å². The number of hydrogen-bond donors (Lipinski definition) is 1. The van der Waals surface area contributed by atoms with Crippen molar-refractivity contribution in [3.05, 3.63) is 28.8 Å². The van der Waals surface area contributed by atoms with Crippen molar-refractivity contribution in [2.24, 2.45) is 0 Å². The van der Waals surface area contributed by atoms with E-state index in [1.54, 1.807) is 0 Å². The molecule has 0 amide bonds. The fourth-order valence-corrected chi connectivity index (χ4v) is 1.89. The molecular formula is C15H23O2. The van der Waals surface area contributed by atoms with E-state index >= 15 is 0 Å². The third kappa shape index (κ3) is 3.01. The van der Waals surface area contributed by atoms with Gasteiger partial charge in [0.05, 0.1) is 6.61 Å². The van der Waals surface area contributed by atoms with Gasteiger partial charge in [-0.05, 0) is 28.5 Å². The second kappa shape index (κ2) is 4.34. The highest BCUT2D eigenvalue weighted by Gasteiger charge is 2.27. The molecule has 0 unspecified atom stereocenters. The first-order chi connectivity index (χ1) is 7.57. The topological polar surface area (TPSA) is 40.1 Å². The van der Waals surface area contributed by atoms with Gasteiger partial charge in [0.15, 0.2) is 5.75 Å². The monoisotopic (exact) mass is 235 g/mol. The minimum Gasteiger partial charge on any atom is -0.392 e. The predicted molar refractivity (Wildman–Crippen MR) is 69.9 cm³/mol. The molecule has 1 rings (SSSR count). The van der Waals surface area contributed by atoms with Crippen LogP contribution in [0.25, 0.3) is 0 Å². The van der Waals surface area contributed by atoms with Crippen LogP contribution in [0.5, 0.6) is 5.75 Å². The highest BCUT2D eigenvalue weighted by atomic mass is 16.3. The zero-order valence-electron chi connectivity index (χ0n) is 11.7. The van der Waals surface area contributed by atoms with Crippen LogP contribution in [0.1, 0.15) is 58.2 Å². The SMILES string of the molecule is CC(C)(C)c1cc(CO)cc(C(C)(C)C)c1[O]. The standard InChI is InChI=1S/C15H23O2/c1-14(2,3)11-7-10(9-16)8-12(13(11)17)15(4,5)6/h7-8,16H,9H2,1-6H3. The van der Waals surface area contributed by atoms with Crippen molar-refractivity contribution in [2.45, 2.75) is 59.0 Å². The van der Waals surface area contributed by atoms with Gasteiger partial charge in [0.2, 0.25) is 0 Å². The Hall–Kier alpha value is -1.02. The maximum atomic E-state index is 12.4. The quantitative estimate of drug-likeness (QED) is 0.787. The number of aliphatic hydroxyl groups is 1. The van der Waals surface area contributed by atoms with Gasteiger partial charge >= 0.3 is 0 Å². The van der Waals surface area contributed by atoms with E-state index in [1.807, 2.05) is 53.7 Å². The molecule has 95 valence electrons. The van der Waals surface area contributed by atoms with Crippen molar-refractivity contribution in [1.82, 2.24) is 0 Å². The molecule has 0 aromatic heterocycles. The fraction of sp³-hybridized carbons (Fsp3) is 0.600. The van der Waals surface area contributed by atoms with Crippen LogP contribution in [0.15, 0.2) is 12.1 Å². The lowest BCUT2D eigenvalue weighted by molar-refractivity contribution is 0.279. The summed E-state index contributed by atoms with van der Waals surface area (Å²) in [6.07, 6.45) is 0. The lowest BCUT2D eigenvalue weighted by Gasteiger charge is -2.26. The maximum absolute atomic E-state index is 12.4. The maximum Gasteiger partial charge on any atom is 0.186 e.